The van der Waals surface area contributed by atoms with Gasteiger partial charge in [0.1, 0.15) is 64.8 Å². The van der Waals surface area contributed by atoms with Crippen molar-refractivity contribution in [2.75, 3.05) is 6.61 Å². The predicted octanol–water partition coefficient (Wildman–Crippen LogP) is -2.00. The minimum Gasteiger partial charge on any atom is -0.508 e. The van der Waals surface area contributed by atoms with Crippen LogP contribution in [0.1, 0.15) is 6.92 Å². The number of hydrogen-bond acceptors (Lipinski definition) is 15. The van der Waals surface area contributed by atoms with Crippen molar-refractivity contribution < 1.29 is 69.7 Å². The summed E-state index contributed by atoms with van der Waals surface area (Å²) in [5.41, 5.74) is -4.07. The zero-order valence-electron chi connectivity index (χ0n) is 21.9. The van der Waals surface area contributed by atoms with Crippen molar-refractivity contribution in [3.05, 3.63) is 46.6 Å². The Morgan fingerprint density at radius 1 is 0.881 bits per heavy atom. The Morgan fingerprint density at radius 2 is 1.55 bits per heavy atom. The molecular formula is C27H30O15. The number of benzene rings is 2. The third-order valence-electron chi connectivity index (χ3n) is 7.64. The van der Waals surface area contributed by atoms with Crippen LogP contribution < -0.4 is 10.2 Å². The molecule has 2 aliphatic rings. The van der Waals surface area contributed by atoms with Crippen LogP contribution in [0.4, 0.5) is 0 Å². The van der Waals surface area contributed by atoms with E-state index in [0.717, 1.165) is 12.1 Å². The lowest BCUT2D eigenvalue weighted by molar-refractivity contribution is -0.361. The smallest absolute Gasteiger partial charge is 0.239 e. The van der Waals surface area contributed by atoms with E-state index in [9.17, 15) is 55.9 Å². The molecule has 15 heteroatoms. The quantitative estimate of drug-likeness (QED) is 0.153. The molecule has 3 aromatic rings. The van der Waals surface area contributed by atoms with Crippen LogP contribution in [0.25, 0.3) is 22.3 Å². The Labute approximate surface area is 236 Å². The highest BCUT2D eigenvalue weighted by Crippen LogP contribution is 2.41. The minimum atomic E-state index is -2.92. The fourth-order valence-electron chi connectivity index (χ4n) is 5.31. The topological polar surface area (TPSA) is 260 Å². The number of aliphatic hydroxyl groups is 7. The average Bonchev–Trinajstić information content (AvgIpc) is 2.95. The van der Waals surface area contributed by atoms with E-state index in [2.05, 4.69) is 0 Å². The predicted molar refractivity (Wildman–Crippen MR) is 139 cm³/mol. The van der Waals surface area contributed by atoms with Crippen LogP contribution in [0, 0.1) is 0 Å². The Hall–Kier alpha value is -3.51. The molecule has 2 fully saturated rings. The Bertz CT molecular complexity index is 1510. The molecule has 0 aliphatic carbocycles. The van der Waals surface area contributed by atoms with Gasteiger partial charge in [0, 0.05) is 17.7 Å². The molecule has 5 rings (SSSR count). The van der Waals surface area contributed by atoms with Crippen molar-refractivity contribution in [2.45, 2.75) is 67.6 Å². The Balaban J connectivity index is 1.64. The van der Waals surface area contributed by atoms with Gasteiger partial charge in [0.05, 0.1) is 12.7 Å². The zero-order chi connectivity index (χ0) is 30.7. The molecule has 2 saturated heterocycles. The summed E-state index contributed by atoms with van der Waals surface area (Å²) < 4.78 is 22.5. The molecule has 228 valence electrons. The number of aromatic hydroxyl groups is 3. The van der Waals surface area contributed by atoms with Gasteiger partial charge in [-0.1, -0.05) is 0 Å². The van der Waals surface area contributed by atoms with Crippen LogP contribution in [0.15, 0.2) is 45.6 Å². The summed E-state index contributed by atoms with van der Waals surface area (Å²) >= 11 is 0. The van der Waals surface area contributed by atoms with Crippen molar-refractivity contribution >= 4 is 11.0 Å². The first-order valence-corrected chi connectivity index (χ1v) is 12.8. The largest absolute Gasteiger partial charge is 0.508 e. The van der Waals surface area contributed by atoms with Crippen molar-refractivity contribution in [3.63, 3.8) is 0 Å². The van der Waals surface area contributed by atoms with E-state index in [1.807, 2.05) is 0 Å². The third-order valence-corrected chi connectivity index (χ3v) is 7.64. The first kappa shape index (κ1) is 30.0. The van der Waals surface area contributed by atoms with E-state index in [1.165, 1.54) is 31.2 Å². The van der Waals surface area contributed by atoms with Gasteiger partial charge >= 0.3 is 0 Å². The maximum absolute atomic E-state index is 13.7. The molecular weight excluding hydrogens is 564 g/mol. The molecule has 1 aromatic heterocycles. The first-order chi connectivity index (χ1) is 19.8. The fraction of sp³-hybridized carbons (Fsp3) is 0.444. The van der Waals surface area contributed by atoms with E-state index >= 15 is 0 Å². The van der Waals surface area contributed by atoms with Gasteiger partial charge in [0.2, 0.25) is 17.5 Å². The summed E-state index contributed by atoms with van der Waals surface area (Å²) in [5.74, 6) is -2.28. The van der Waals surface area contributed by atoms with E-state index in [0.29, 0.717) is 0 Å². The summed E-state index contributed by atoms with van der Waals surface area (Å²) in [4.78, 5) is 13.7. The van der Waals surface area contributed by atoms with Gasteiger partial charge in [-0.25, -0.2) is 0 Å². The van der Waals surface area contributed by atoms with Crippen molar-refractivity contribution in [1.29, 1.82) is 0 Å². The van der Waals surface area contributed by atoms with E-state index in [4.69, 9.17) is 18.6 Å². The average molecular weight is 595 g/mol. The Morgan fingerprint density at radius 3 is 2.19 bits per heavy atom. The summed E-state index contributed by atoms with van der Waals surface area (Å²) in [6.45, 7) is 0.344. The van der Waals surface area contributed by atoms with Crippen LogP contribution in [0.3, 0.4) is 0 Å². The van der Waals surface area contributed by atoms with Gasteiger partial charge in [0.25, 0.3) is 0 Å². The molecule has 10 N–H and O–H groups in total. The maximum atomic E-state index is 13.7. The molecule has 0 radical (unpaired) electrons. The fourth-order valence-corrected chi connectivity index (χ4v) is 5.31. The highest BCUT2D eigenvalue weighted by atomic mass is 16.7. The van der Waals surface area contributed by atoms with Gasteiger partial charge in [-0.2, -0.15) is 0 Å². The second-order valence-electron chi connectivity index (χ2n) is 10.3. The van der Waals surface area contributed by atoms with Gasteiger partial charge in [0.15, 0.2) is 17.5 Å². The molecule has 0 unspecified atom stereocenters. The summed E-state index contributed by atoms with van der Waals surface area (Å²) in [6, 6.07) is 7.11. The van der Waals surface area contributed by atoms with Gasteiger partial charge in [-0.15, -0.1) is 0 Å². The van der Waals surface area contributed by atoms with Crippen LogP contribution in [-0.2, 0) is 9.47 Å². The number of hydrogen-bond donors (Lipinski definition) is 10. The standard InChI is InChI=1S/C27H30O15/c1-9-17(32)19(34)20(35)25(39-9)27(38)23(36)15(8-28)41-26(24(27)37)42-22-18(33)16-13(31)6-12(30)7-14(16)40-21(22)10-2-4-11(29)5-3-10/h2-7,9,15,17,19-20,23-26,28-32,34-38H,8H2,1H3/t9-,15+,17-,19+,20+,23+,24-,25+,26-,27-/m0/s1. The van der Waals surface area contributed by atoms with E-state index in [-0.39, 0.29) is 22.7 Å². The molecule has 0 bridgehead atoms. The molecule has 42 heavy (non-hydrogen) atoms. The molecule has 2 aromatic carbocycles. The highest BCUT2D eigenvalue weighted by Gasteiger charge is 2.64. The third kappa shape index (κ3) is 4.74. The van der Waals surface area contributed by atoms with Crippen LogP contribution in [-0.4, -0.2) is 118 Å². The summed E-state index contributed by atoms with van der Waals surface area (Å²) in [5, 5.41) is 104. The van der Waals surface area contributed by atoms with Crippen LogP contribution in [0.5, 0.6) is 23.0 Å². The van der Waals surface area contributed by atoms with Gasteiger partial charge in [-0.3, -0.25) is 4.79 Å². The number of fused-ring (bicyclic) bond motifs is 1. The summed E-state index contributed by atoms with van der Waals surface area (Å²) in [7, 11) is 0. The molecule has 2 aliphatic heterocycles. The lowest BCUT2D eigenvalue weighted by Crippen LogP contribution is -2.77. The van der Waals surface area contributed by atoms with Crippen molar-refractivity contribution in [1.82, 2.24) is 0 Å². The lowest BCUT2D eigenvalue weighted by Gasteiger charge is -2.54. The summed E-state index contributed by atoms with van der Waals surface area (Å²) in [6.07, 6.45) is -16.9. The van der Waals surface area contributed by atoms with Gasteiger partial charge in [-0.05, 0) is 31.2 Å². The molecule has 0 spiro atoms. The van der Waals surface area contributed by atoms with Crippen molar-refractivity contribution in [3.8, 4) is 34.3 Å². The van der Waals surface area contributed by atoms with Crippen molar-refractivity contribution in [2.24, 2.45) is 0 Å². The normalized spacial score (nSPS) is 35.3. The molecule has 10 atom stereocenters. The maximum Gasteiger partial charge on any atom is 0.239 e. The number of aliphatic hydroxyl groups excluding tert-OH is 6. The monoisotopic (exact) mass is 594 g/mol. The second-order valence-corrected chi connectivity index (χ2v) is 10.3. The minimum absolute atomic E-state index is 0.136. The number of phenols is 3. The molecule has 0 amide bonds. The molecule has 15 nitrogen and oxygen atoms in total. The van der Waals surface area contributed by atoms with Crippen LogP contribution >= 0.6 is 0 Å². The highest BCUT2D eigenvalue weighted by molar-refractivity contribution is 5.88. The van der Waals surface area contributed by atoms with E-state index in [1.54, 1.807) is 0 Å². The second kappa shape index (κ2) is 11.0. The van der Waals surface area contributed by atoms with E-state index < -0.39 is 95.4 Å². The zero-order valence-corrected chi connectivity index (χ0v) is 21.9. The lowest BCUT2D eigenvalue weighted by atomic mass is 9.74. The number of ether oxygens (including phenoxy) is 3. The first-order valence-electron chi connectivity index (χ1n) is 12.8. The Kier molecular flexibility index (Phi) is 7.82. The molecule has 0 saturated carbocycles. The SMILES string of the molecule is C[C@@H]1O[C@@H]([C@]2(O)[C@H](O)[C@@H](CO)O[C@@H](Oc3c(-c4ccc(O)cc4)oc4cc(O)cc(O)c4c3=O)[C@@H]2O)[C@H](O)[C@H](O)[C@H]1O. The van der Waals surface area contributed by atoms with Gasteiger partial charge < -0.3 is 69.7 Å². The number of rotatable bonds is 5. The van der Waals surface area contributed by atoms with Crippen LogP contribution in [0.2, 0.25) is 0 Å². The number of phenolic OH excluding ortho intramolecular Hbond substituents is 3. The molecule has 3 heterocycles.